The molecule has 1 saturated carbocycles. The molecule has 2 fully saturated rings. The number of halogens is 1. The summed E-state index contributed by atoms with van der Waals surface area (Å²) in [5.74, 6) is 2.83. The highest BCUT2D eigenvalue weighted by atomic mass is 35.5. The van der Waals surface area contributed by atoms with Crippen LogP contribution in [0, 0.1) is 18.8 Å². The summed E-state index contributed by atoms with van der Waals surface area (Å²) in [5.41, 5.74) is 3.48. The van der Waals surface area contributed by atoms with Crippen LogP contribution in [0.15, 0.2) is 67.1 Å². The van der Waals surface area contributed by atoms with E-state index in [-0.39, 0.29) is 12.1 Å². The van der Waals surface area contributed by atoms with Crippen molar-refractivity contribution in [1.82, 2.24) is 24.4 Å². The molecule has 0 radical (unpaired) electrons. The second kappa shape index (κ2) is 9.01. The minimum absolute atomic E-state index is 0.0142. The Morgan fingerprint density at radius 3 is 2.71 bits per heavy atom. The molecule has 6 nitrogen and oxygen atoms in total. The number of hydrogen-bond acceptors (Lipinski definition) is 5. The topological polar surface area (TPSA) is 56.1 Å². The Hall–Kier alpha value is -2.96. The lowest BCUT2D eigenvalue weighted by Gasteiger charge is -2.39. The Labute approximate surface area is 204 Å². The van der Waals surface area contributed by atoms with Crippen molar-refractivity contribution in [1.29, 1.82) is 0 Å². The molecule has 3 heterocycles. The van der Waals surface area contributed by atoms with Gasteiger partial charge in [-0.15, -0.1) is 0 Å². The summed E-state index contributed by atoms with van der Waals surface area (Å²) in [5, 5.41) is 0.800. The predicted octanol–water partition coefficient (Wildman–Crippen LogP) is 5.32. The van der Waals surface area contributed by atoms with Gasteiger partial charge in [-0.2, -0.15) is 0 Å². The number of hydrogen-bond donors (Lipinski definition) is 0. The van der Waals surface area contributed by atoms with E-state index in [1.807, 2.05) is 18.2 Å². The third-order valence-corrected chi connectivity index (χ3v) is 7.61. The third kappa shape index (κ3) is 4.17. The number of aryl methyl sites for hydroxylation is 1. The number of fused-ring (bicyclic) bond motifs is 2. The molecule has 4 atom stereocenters. The minimum atomic E-state index is 0.0142. The maximum absolute atomic E-state index is 6.51. The molecule has 1 aliphatic carbocycles. The van der Waals surface area contributed by atoms with E-state index in [9.17, 15) is 0 Å². The summed E-state index contributed by atoms with van der Waals surface area (Å²) >= 11 is 6.23. The SMILES string of the molecule is Cc1nc2ccccc2n1[C@H]1C[C@H]2CN(Cc3cccc(Cl)c3)C[C@H]2C[C@@H]1Oc1cnccn1. The first-order valence-corrected chi connectivity index (χ1v) is 12.3. The molecule has 1 saturated heterocycles. The highest BCUT2D eigenvalue weighted by molar-refractivity contribution is 6.30. The van der Waals surface area contributed by atoms with E-state index in [0.29, 0.717) is 17.7 Å². The molecule has 7 heteroatoms. The summed E-state index contributed by atoms with van der Waals surface area (Å²) in [6, 6.07) is 16.8. The largest absolute Gasteiger partial charge is 0.471 e. The van der Waals surface area contributed by atoms with Crippen LogP contribution >= 0.6 is 11.6 Å². The van der Waals surface area contributed by atoms with Gasteiger partial charge in [-0.05, 0) is 61.4 Å². The van der Waals surface area contributed by atoms with E-state index in [1.54, 1.807) is 18.6 Å². The standard InChI is InChI=1S/C27H28ClN5O/c1-18-31-23-7-2-3-8-24(23)33(18)25-12-20-16-32(15-19-5-4-6-22(28)11-19)17-21(20)13-26(25)34-27-14-29-9-10-30-27/h2-11,14,20-21,25-26H,12-13,15-17H2,1H3/t20-,21+,25-,26-/m0/s1. The quantitative estimate of drug-likeness (QED) is 0.392. The van der Waals surface area contributed by atoms with Gasteiger partial charge in [0.15, 0.2) is 0 Å². The van der Waals surface area contributed by atoms with Crippen molar-refractivity contribution in [3.05, 3.63) is 83.5 Å². The highest BCUT2D eigenvalue weighted by Crippen LogP contribution is 2.44. The van der Waals surface area contributed by atoms with Gasteiger partial charge >= 0.3 is 0 Å². The lowest BCUT2D eigenvalue weighted by Crippen LogP contribution is -2.40. The van der Waals surface area contributed by atoms with E-state index in [0.717, 1.165) is 48.8 Å². The lowest BCUT2D eigenvalue weighted by atomic mass is 9.77. The number of rotatable bonds is 5. The molecule has 4 aromatic rings. The fourth-order valence-electron chi connectivity index (χ4n) is 5.99. The first-order valence-electron chi connectivity index (χ1n) is 12.0. The van der Waals surface area contributed by atoms with Gasteiger partial charge in [0.05, 0.1) is 23.3 Å². The molecule has 2 aromatic carbocycles. The maximum Gasteiger partial charge on any atom is 0.232 e. The van der Waals surface area contributed by atoms with Crippen LogP contribution in [0.25, 0.3) is 11.0 Å². The Kier molecular flexibility index (Phi) is 5.71. The molecular formula is C27H28ClN5O. The summed E-state index contributed by atoms with van der Waals surface area (Å²) in [6.45, 7) is 5.21. The number of benzene rings is 2. The van der Waals surface area contributed by atoms with E-state index in [1.165, 1.54) is 11.1 Å². The molecule has 34 heavy (non-hydrogen) atoms. The number of likely N-dealkylation sites (tertiary alicyclic amines) is 1. The predicted molar refractivity (Wildman–Crippen MR) is 133 cm³/mol. The second-order valence-corrected chi connectivity index (χ2v) is 10.0. The Balaban J connectivity index is 1.30. The molecule has 2 aromatic heterocycles. The summed E-state index contributed by atoms with van der Waals surface area (Å²) < 4.78 is 8.91. The average molecular weight is 474 g/mol. The normalized spacial score (nSPS) is 24.9. The molecular weight excluding hydrogens is 446 g/mol. The zero-order valence-electron chi connectivity index (χ0n) is 19.2. The zero-order chi connectivity index (χ0) is 23.1. The first kappa shape index (κ1) is 21.6. The molecule has 1 aliphatic heterocycles. The molecule has 0 amide bonds. The Morgan fingerprint density at radius 1 is 1.03 bits per heavy atom. The molecule has 0 N–H and O–H groups in total. The van der Waals surface area contributed by atoms with Crippen molar-refractivity contribution in [2.75, 3.05) is 13.1 Å². The van der Waals surface area contributed by atoms with Crippen molar-refractivity contribution in [2.45, 2.75) is 38.5 Å². The number of imidazole rings is 1. The van der Waals surface area contributed by atoms with Crippen molar-refractivity contribution >= 4 is 22.6 Å². The van der Waals surface area contributed by atoms with Gasteiger partial charge < -0.3 is 9.30 Å². The molecule has 2 aliphatic rings. The third-order valence-electron chi connectivity index (χ3n) is 7.37. The minimum Gasteiger partial charge on any atom is -0.471 e. The van der Waals surface area contributed by atoms with Gasteiger partial charge in [-0.25, -0.2) is 9.97 Å². The summed E-state index contributed by atoms with van der Waals surface area (Å²) in [4.78, 5) is 16.0. The van der Waals surface area contributed by atoms with Gasteiger partial charge in [0.1, 0.15) is 11.9 Å². The molecule has 0 spiro atoms. The molecule has 174 valence electrons. The fourth-order valence-corrected chi connectivity index (χ4v) is 6.21. The van der Waals surface area contributed by atoms with Crippen molar-refractivity contribution in [3.8, 4) is 5.88 Å². The number of para-hydroxylation sites is 2. The summed E-state index contributed by atoms with van der Waals surface area (Å²) in [6.07, 6.45) is 7.14. The van der Waals surface area contributed by atoms with E-state index < -0.39 is 0 Å². The zero-order valence-corrected chi connectivity index (χ0v) is 20.0. The van der Waals surface area contributed by atoms with Crippen LogP contribution < -0.4 is 4.74 Å². The van der Waals surface area contributed by atoms with Gasteiger partial charge in [0.25, 0.3) is 0 Å². The van der Waals surface area contributed by atoms with E-state index in [4.69, 9.17) is 21.3 Å². The van der Waals surface area contributed by atoms with Crippen LogP contribution in [0.1, 0.15) is 30.3 Å². The number of aromatic nitrogens is 4. The maximum atomic E-state index is 6.51. The van der Waals surface area contributed by atoms with Crippen molar-refractivity contribution in [3.63, 3.8) is 0 Å². The lowest BCUT2D eigenvalue weighted by molar-refractivity contribution is 0.0519. The van der Waals surface area contributed by atoms with Crippen LogP contribution in [-0.4, -0.2) is 43.6 Å². The van der Waals surface area contributed by atoms with Crippen LogP contribution in [0.3, 0.4) is 0 Å². The van der Waals surface area contributed by atoms with Crippen molar-refractivity contribution < 1.29 is 4.74 Å². The monoisotopic (exact) mass is 473 g/mol. The van der Waals surface area contributed by atoms with Crippen LogP contribution in [0.4, 0.5) is 0 Å². The van der Waals surface area contributed by atoms with Gasteiger partial charge in [-0.1, -0.05) is 35.9 Å². The van der Waals surface area contributed by atoms with E-state index in [2.05, 4.69) is 56.7 Å². The number of nitrogens with zero attached hydrogens (tertiary/aromatic N) is 5. The van der Waals surface area contributed by atoms with E-state index >= 15 is 0 Å². The van der Waals surface area contributed by atoms with Crippen LogP contribution in [-0.2, 0) is 6.54 Å². The number of ether oxygens (including phenoxy) is 1. The molecule has 6 rings (SSSR count). The second-order valence-electron chi connectivity index (χ2n) is 9.60. The summed E-state index contributed by atoms with van der Waals surface area (Å²) in [7, 11) is 0. The Morgan fingerprint density at radius 2 is 1.88 bits per heavy atom. The Bertz CT molecular complexity index is 1290. The van der Waals surface area contributed by atoms with Gasteiger partial charge in [-0.3, -0.25) is 9.88 Å². The first-order chi connectivity index (χ1) is 16.6. The fraction of sp³-hybridized carbons (Fsp3) is 0.370. The van der Waals surface area contributed by atoms with Crippen LogP contribution in [0.5, 0.6) is 5.88 Å². The van der Waals surface area contributed by atoms with Gasteiger partial charge in [0.2, 0.25) is 5.88 Å². The average Bonchev–Trinajstić information content (AvgIpc) is 3.37. The van der Waals surface area contributed by atoms with Crippen LogP contribution in [0.2, 0.25) is 5.02 Å². The highest BCUT2D eigenvalue weighted by Gasteiger charge is 2.44. The molecule has 0 unspecified atom stereocenters. The smallest absolute Gasteiger partial charge is 0.232 e. The van der Waals surface area contributed by atoms with Gasteiger partial charge in [0, 0.05) is 37.1 Å². The molecule has 0 bridgehead atoms. The van der Waals surface area contributed by atoms with Crippen molar-refractivity contribution in [2.24, 2.45) is 11.8 Å².